The Balaban J connectivity index is 2.18. The SMILES string of the molecule is FC(F)(F)c1ccccc1N/N=C/c1ccc(Cl)cc1Cl. The van der Waals surface area contributed by atoms with E-state index in [9.17, 15) is 13.2 Å². The molecule has 0 spiro atoms. The highest BCUT2D eigenvalue weighted by atomic mass is 35.5. The second-order valence-electron chi connectivity index (χ2n) is 4.08. The Kier molecular flexibility index (Phi) is 4.75. The van der Waals surface area contributed by atoms with Gasteiger partial charge >= 0.3 is 6.18 Å². The van der Waals surface area contributed by atoms with Crippen molar-refractivity contribution in [2.24, 2.45) is 5.10 Å². The number of nitrogens with one attached hydrogen (secondary N) is 1. The van der Waals surface area contributed by atoms with Crippen molar-refractivity contribution in [1.82, 2.24) is 0 Å². The Morgan fingerprint density at radius 1 is 1.05 bits per heavy atom. The van der Waals surface area contributed by atoms with Gasteiger partial charge in [0.2, 0.25) is 0 Å². The van der Waals surface area contributed by atoms with Gasteiger partial charge in [-0.25, -0.2) is 0 Å². The summed E-state index contributed by atoms with van der Waals surface area (Å²) in [7, 11) is 0. The molecule has 0 aliphatic carbocycles. The van der Waals surface area contributed by atoms with Crippen LogP contribution in [0.25, 0.3) is 0 Å². The molecule has 0 saturated heterocycles. The van der Waals surface area contributed by atoms with Crippen LogP contribution in [0.15, 0.2) is 47.6 Å². The maximum atomic E-state index is 12.8. The zero-order valence-electron chi connectivity index (χ0n) is 10.5. The molecule has 21 heavy (non-hydrogen) atoms. The van der Waals surface area contributed by atoms with Crippen LogP contribution in [0.3, 0.4) is 0 Å². The highest BCUT2D eigenvalue weighted by Crippen LogP contribution is 2.34. The Bertz CT molecular complexity index is 670. The number of hydrogen-bond donors (Lipinski definition) is 1. The average Bonchev–Trinajstić information content (AvgIpc) is 2.41. The number of hydrogen-bond acceptors (Lipinski definition) is 2. The van der Waals surface area contributed by atoms with Crippen LogP contribution in [0.1, 0.15) is 11.1 Å². The first-order chi connectivity index (χ1) is 9.88. The highest BCUT2D eigenvalue weighted by molar-refractivity contribution is 6.36. The lowest BCUT2D eigenvalue weighted by Crippen LogP contribution is -2.08. The summed E-state index contributed by atoms with van der Waals surface area (Å²) in [5.74, 6) is 0. The molecule has 0 heterocycles. The lowest BCUT2D eigenvalue weighted by molar-refractivity contribution is -0.136. The first-order valence-electron chi connectivity index (χ1n) is 5.78. The van der Waals surface area contributed by atoms with Crippen molar-refractivity contribution in [2.45, 2.75) is 6.18 Å². The van der Waals surface area contributed by atoms with Gasteiger partial charge in [-0.15, -0.1) is 0 Å². The average molecular weight is 333 g/mol. The lowest BCUT2D eigenvalue weighted by atomic mass is 10.2. The number of rotatable bonds is 3. The summed E-state index contributed by atoms with van der Waals surface area (Å²) in [4.78, 5) is 0. The molecule has 0 bridgehead atoms. The van der Waals surface area contributed by atoms with E-state index in [-0.39, 0.29) is 5.69 Å². The topological polar surface area (TPSA) is 24.4 Å². The molecule has 7 heteroatoms. The predicted molar refractivity (Wildman–Crippen MR) is 79.1 cm³/mol. The molecule has 0 fully saturated rings. The molecule has 2 nitrogen and oxygen atoms in total. The maximum absolute atomic E-state index is 12.8. The number of benzene rings is 2. The third-order valence-corrected chi connectivity index (χ3v) is 3.15. The normalized spacial score (nSPS) is 11.9. The lowest BCUT2D eigenvalue weighted by Gasteiger charge is -2.11. The van der Waals surface area contributed by atoms with Crippen LogP contribution in [-0.4, -0.2) is 6.21 Å². The van der Waals surface area contributed by atoms with E-state index in [1.807, 2.05) is 0 Å². The van der Waals surface area contributed by atoms with Gasteiger partial charge in [-0.2, -0.15) is 18.3 Å². The maximum Gasteiger partial charge on any atom is 0.418 e. The predicted octanol–water partition coefficient (Wildman–Crippen LogP) is 5.46. The van der Waals surface area contributed by atoms with Crippen molar-refractivity contribution in [3.63, 3.8) is 0 Å². The van der Waals surface area contributed by atoms with E-state index >= 15 is 0 Å². The molecule has 0 saturated carbocycles. The van der Waals surface area contributed by atoms with Gasteiger partial charge in [-0.1, -0.05) is 41.4 Å². The molecule has 2 rings (SSSR count). The van der Waals surface area contributed by atoms with Crippen molar-refractivity contribution in [1.29, 1.82) is 0 Å². The Hall–Kier alpha value is -1.72. The number of halogens is 5. The monoisotopic (exact) mass is 332 g/mol. The standard InChI is InChI=1S/C14H9Cl2F3N2/c15-10-6-5-9(12(16)7-10)8-20-21-13-4-2-1-3-11(13)14(17,18)19/h1-8,21H/b20-8+. The largest absolute Gasteiger partial charge is 0.418 e. The van der Waals surface area contributed by atoms with Gasteiger partial charge in [-0.3, -0.25) is 5.43 Å². The van der Waals surface area contributed by atoms with E-state index in [2.05, 4.69) is 10.5 Å². The molecule has 0 amide bonds. The number of anilines is 1. The summed E-state index contributed by atoms with van der Waals surface area (Å²) in [6.07, 6.45) is -3.12. The smallest absolute Gasteiger partial charge is 0.278 e. The first-order valence-corrected chi connectivity index (χ1v) is 6.54. The molecule has 0 atom stereocenters. The molecule has 2 aromatic rings. The second-order valence-corrected chi connectivity index (χ2v) is 4.92. The minimum absolute atomic E-state index is 0.133. The fraction of sp³-hybridized carbons (Fsp3) is 0.0714. The van der Waals surface area contributed by atoms with Crippen molar-refractivity contribution in [2.75, 3.05) is 5.43 Å². The van der Waals surface area contributed by atoms with E-state index in [1.54, 1.807) is 12.1 Å². The van der Waals surface area contributed by atoms with Gasteiger partial charge in [0.05, 0.1) is 22.5 Å². The minimum Gasteiger partial charge on any atom is -0.278 e. The molecule has 110 valence electrons. The van der Waals surface area contributed by atoms with Gasteiger partial charge in [0, 0.05) is 10.6 Å². The number of para-hydroxylation sites is 1. The van der Waals surface area contributed by atoms with Crippen LogP contribution in [0, 0.1) is 0 Å². The summed E-state index contributed by atoms with van der Waals surface area (Å²) in [6.45, 7) is 0. The molecular weight excluding hydrogens is 324 g/mol. The number of hydrazone groups is 1. The Labute approximate surface area is 129 Å². The van der Waals surface area contributed by atoms with E-state index in [0.717, 1.165) is 6.07 Å². The van der Waals surface area contributed by atoms with Crippen molar-refractivity contribution in [3.05, 3.63) is 63.6 Å². The Morgan fingerprint density at radius 3 is 2.43 bits per heavy atom. The second kappa shape index (κ2) is 6.37. The van der Waals surface area contributed by atoms with Crippen molar-refractivity contribution >= 4 is 35.1 Å². The number of alkyl halides is 3. The summed E-state index contributed by atoms with van der Waals surface area (Å²) in [5, 5.41) is 4.60. The summed E-state index contributed by atoms with van der Waals surface area (Å²) >= 11 is 11.7. The quantitative estimate of drug-likeness (QED) is 0.585. The van der Waals surface area contributed by atoms with Gasteiger partial charge in [0.1, 0.15) is 0 Å². The summed E-state index contributed by atoms with van der Waals surface area (Å²) in [5.41, 5.74) is 1.99. The first kappa shape index (κ1) is 15.7. The summed E-state index contributed by atoms with van der Waals surface area (Å²) in [6, 6.07) is 9.82. The van der Waals surface area contributed by atoms with Crippen LogP contribution in [0.2, 0.25) is 10.0 Å². The van der Waals surface area contributed by atoms with Gasteiger partial charge in [0.15, 0.2) is 0 Å². The van der Waals surface area contributed by atoms with E-state index in [4.69, 9.17) is 23.2 Å². The molecule has 0 aliphatic rings. The van der Waals surface area contributed by atoms with E-state index < -0.39 is 11.7 Å². The molecule has 0 aliphatic heterocycles. The van der Waals surface area contributed by atoms with Crippen LogP contribution in [0.4, 0.5) is 18.9 Å². The van der Waals surface area contributed by atoms with Crippen LogP contribution in [-0.2, 0) is 6.18 Å². The molecule has 0 unspecified atom stereocenters. The zero-order valence-corrected chi connectivity index (χ0v) is 12.0. The molecule has 2 aromatic carbocycles. The molecular formula is C14H9Cl2F3N2. The minimum atomic E-state index is -4.45. The van der Waals surface area contributed by atoms with Crippen LogP contribution >= 0.6 is 23.2 Å². The Morgan fingerprint density at radius 2 is 1.76 bits per heavy atom. The summed E-state index contributed by atoms with van der Waals surface area (Å²) < 4.78 is 38.3. The fourth-order valence-electron chi connectivity index (χ4n) is 1.61. The van der Waals surface area contributed by atoms with E-state index in [0.29, 0.717) is 15.6 Å². The van der Waals surface area contributed by atoms with Gasteiger partial charge in [-0.05, 0) is 24.3 Å². The third kappa shape index (κ3) is 4.12. The van der Waals surface area contributed by atoms with E-state index in [1.165, 1.54) is 30.5 Å². The van der Waals surface area contributed by atoms with Crippen LogP contribution in [0.5, 0.6) is 0 Å². The van der Waals surface area contributed by atoms with Crippen LogP contribution < -0.4 is 5.43 Å². The molecule has 0 aromatic heterocycles. The third-order valence-electron chi connectivity index (χ3n) is 2.58. The zero-order chi connectivity index (χ0) is 15.5. The van der Waals surface area contributed by atoms with Crippen molar-refractivity contribution < 1.29 is 13.2 Å². The highest BCUT2D eigenvalue weighted by Gasteiger charge is 2.33. The van der Waals surface area contributed by atoms with Crippen molar-refractivity contribution in [3.8, 4) is 0 Å². The molecule has 1 N–H and O–H groups in total. The number of nitrogens with zero attached hydrogens (tertiary/aromatic N) is 1. The fourth-order valence-corrected chi connectivity index (χ4v) is 2.06. The molecule has 0 radical (unpaired) electrons. The van der Waals surface area contributed by atoms with Gasteiger partial charge in [0.25, 0.3) is 0 Å². The van der Waals surface area contributed by atoms with Gasteiger partial charge < -0.3 is 0 Å².